The SMILES string of the molecule is CC(C)c1ccccc1C1(O)CC2COCC(C1)N2C(=O)OCc1ccccc1. The molecule has 2 fully saturated rings. The number of carbonyl (C=O) groups is 1. The van der Waals surface area contributed by atoms with Gasteiger partial charge in [-0.2, -0.15) is 0 Å². The van der Waals surface area contributed by atoms with E-state index in [1.165, 1.54) is 0 Å². The van der Waals surface area contributed by atoms with E-state index in [1.807, 2.05) is 48.5 Å². The van der Waals surface area contributed by atoms with Crippen molar-refractivity contribution < 1.29 is 19.4 Å². The van der Waals surface area contributed by atoms with Crippen molar-refractivity contribution in [1.29, 1.82) is 0 Å². The van der Waals surface area contributed by atoms with Crippen LogP contribution in [0.2, 0.25) is 0 Å². The topological polar surface area (TPSA) is 59.0 Å². The largest absolute Gasteiger partial charge is 0.445 e. The predicted molar refractivity (Wildman–Crippen MR) is 111 cm³/mol. The summed E-state index contributed by atoms with van der Waals surface area (Å²) in [7, 11) is 0. The van der Waals surface area contributed by atoms with Crippen LogP contribution in [-0.4, -0.2) is 41.4 Å². The molecule has 2 bridgehead atoms. The summed E-state index contributed by atoms with van der Waals surface area (Å²) in [5.74, 6) is 0.320. The molecule has 4 rings (SSSR count). The van der Waals surface area contributed by atoms with Gasteiger partial charge in [-0.15, -0.1) is 0 Å². The lowest BCUT2D eigenvalue weighted by atomic mass is 9.74. The molecule has 5 heteroatoms. The van der Waals surface area contributed by atoms with Gasteiger partial charge >= 0.3 is 6.09 Å². The maximum absolute atomic E-state index is 12.9. The lowest BCUT2D eigenvalue weighted by molar-refractivity contribution is -0.137. The number of rotatable bonds is 4. The second-order valence-electron chi connectivity index (χ2n) is 8.47. The van der Waals surface area contributed by atoms with E-state index in [0.717, 1.165) is 16.7 Å². The molecule has 154 valence electrons. The third kappa shape index (κ3) is 4.02. The molecule has 1 N–H and O–H groups in total. The molecule has 29 heavy (non-hydrogen) atoms. The lowest BCUT2D eigenvalue weighted by Crippen LogP contribution is -2.62. The van der Waals surface area contributed by atoms with Crippen LogP contribution in [-0.2, 0) is 21.7 Å². The quantitative estimate of drug-likeness (QED) is 0.843. The Bertz CT molecular complexity index is 837. The monoisotopic (exact) mass is 395 g/mol. The van der Waals surface area contributed by atoms with E-state index in [0.29, 0.717) is 32.0 Å². The Morgan fingerprint density at radius 3 is 2.38 bits per heavy atom. The van der Waals surface area contributed by atoms with Crippen molar-refractivity contribution in [2.45, 2.75) is 56.9 Å². The molecule has 2 saturated heterocycles. The molecule has 0 aliphatic carbocycles. The average molecular weight is 395 g/mol. The lowest BCUT2D eigenvalue weighted by Gasteiger charge is -2.51. The van der Waals surface area contributed by atoms with Gasteiger partial charge in [-0.1, -0.05) is 68.4 Å². The predicted octanol–water partition coefficient (Wildman–Crippen LogP) is 4.20. The standard InChI is InChI=1S/C24H29NO4/c1-17(2)21-10-6-7-11-22(21)24(27)12-19-15-28-16-20(13-24)25(19)23(26)29-14-18-8-4-3-5-9-18/h3-11,17,19-20,27H,12-16H2,1-2H3. The Balaban J connectivity index is 1.53. The van der Waals surface area contributed by atoms with Gasteiger partial charge in [0.15, 0.2) is 0 Å². The van der Waals surface area contributed by atoms with Crippen LogP contribution in [0, 0.1) is 0 Å². The first kappa shape index (κ1) is 19.9. The second-order valence-corrected chi connectivity index (χ2v) is 8.47. The first-order valence-electron chi connectivity index (χ1n) is 10.4. The number of aliphatic hydroxyl groups is 1. The maximum atomic E-state index is 12.9. The van der Waals surface area contributed by atoms with Gasteiger partial charge in [-0.3, -0.25) is 4.90 Å². The van der Waals surface area contributed by atoms with Crippen LogP contribution >= 0.6 is 0 Å². The molecule has 5 nitrogen and oxygen atoms in total. The van der Waals surface area contributed by atoms with Crippen LogP contribution in [0.15, 0.2) is 54.6 Å². The molecule has 0 radical (unpaired) electrons. The normalized spacial score (nSPS) is 26.4. The van der Waals surface area contributed by atoms with E-state index in [-0.39, 0.29) is 24.8 Å². The number of ether oxygens (including phenoxy) is 2. The van der Waals surface area contributed by atoms with E-state index in [1.54, 1.807) is 4.90 Å². The second kappa shape index (κ2) is 8.17. The Kier molecular flexibility index (Phi) is 5.61. The van der Waals surface area contributed by atoms with Gasteiger partial charge in [-0.05, 0) is 22.6 Å². The summed E-state index contributed by atoms with van der Waals surface area (Å²) in [6, 6.07) is 17.4. The van der Waals surface area contributed by atoms with Gasteiger partial charge in [0.1, 0.15) is 6.61 Å². The molecule has 2 unspecified atom stereocenters. The van der Waals surface area contributed by atoms with Crippen LogP contribution < -0.4 is 0 Å². The Morgan fingerprint density at radius 2 is 1.72 bits per heavy atom. The van der Waals surface area contributed by atoms with Crippen LogP contribution in [0.5, 0.6) is 0 Å². The number of fused-ring (bicyclic) bond motifs is 2. The summed E-state index contributed by atoms with van der Waals surface area (Å²) >= 11 is 0. The van der Waals surface area contributed by atoms with Crippen molar-refractivity contribution in [2.24, 2.45) is 0 Å². The van der Waals surface area contributed by atoms with Crippen LogP contribution in [0.25, 0.3) is 0 Å². The molecule has 2 heterocycles. The van der Waals surface area contributed by atoms with Gasteiger partial charge in [0.05, 0.1) is 30.9 Å². The summed E-state index contributed by atoms with van der Waals surface area (Å²) in [6.45, 7) is 5.37. The van der Waals surface area contributed by atoms with Gasteiger partial charge in [0.25, 0.3) is 0 Å². The van der Waals surface area contributed by atoms with Crippen molar-refractivity contribution in [2.75, 3.05) is 13.2 Å². The van der Waals surface area contributed by atoms with Crippen LogP contribution in [0.4, 0.5) is 4.79 Å². The van der Waals surface area contributed by atoms with E-state index in [4.69, 9.17) is 9.47 Å². The molecule has 0 spiro atoms. The zero-order valence-electron chi connectivity index (χ0n) is 17.1. The van der Waals surface area contributed by atoms with Gasteiger partial charge < -0.3 is 14.6 Å². The zero-order chi connectivity index (χ0) is 20.4. The molecule has 0 aromatic heterocycles. The van der Waals surface area contributed by atoms with E-state index < -0.39 is 5.60 Å². The fraction of sp³-hybridized carbons (Fsp3) is 0.458. The number of amides is 1. The van der Waals surface area contributed by atoms with E-state index in [9.17, 15) is 9.90 Å². The highest BCUT2D eigenvalue weighted by Crippen LogP contribution is 2.43. The fourth-order valence-electron chi connectivity index (χ4n) is 4.71. The van der Waals surface area contributed by atoms with E-state index >= 15 is 0 Å². The number of hydrogen-bond donors (Lipinski definition) is 1. The third-order valence-corrected chi connectivity index (χ3v) is 6.05. The summed E-state index contributed by atoms with van der Waals surface area (Å²) in [5.41, 5.74) is 2.14. The highest BCUT2D eigenvalue weighted by molar-refractivity contribution is 5.69. The fourth-order valence-corrected chi connectivity index (χ4v) is 4.71. The number of carbonyl (C=O) groups excluding carboxylic acids is 1. The maximum Gasteiger partial charge on any atom is 0.410 e. The van der Waals surface area contributed by atoms with Crippen molar-refractivity contribution in [3.63, 3.8) is 0 Å². The molecule has 0 saturated carbocycles. The van der Waals surface area contributed by atoms with Crippen molar-refractivity contribution in [1.82, 2.24) is 4.90 Å². The summed E-state index contributed by atoms with van der Waals surface area (Å²) in [5, 5.41) is 11.7. The molecule has 2 aromatic carbocycles. The van der Waals surface area contributed by atoms with Gasteiger partial charge in [0.2, 0.25) is 0 Å². The molecular weight excluding hydrogens is 366 g/mol. The Labute approximate surface area is 172 Å². The smallest absolute Gasteiger partial charge is 0.410 e. The van der Waals surface area contributed by atoms with Crippen molar-refractivity contribution in [3.05, 3.63) is 71.3 Å². The first-order valence-corrected chi connectivity index (χ1v) is 10.4. The highest BCUT2D eigenvalue weighted by Gasteiger charge is 2.50. The highest BCUT2D eigenvalue weighted by atomic mass is 16.6. The van der Waals surface area contributed by atoms with E-state index in [2.05, 4.69) is 19.9 Å². The molecule has 2 aromatic rings. The summed E-state index contributed by atoms with van der Waals surface area (Å²) < 4.78 is 11.3. The molecule has 1 amide bonds. The number of benzene rings is 2. The minimum atomic E-state index is -0.962. The molecule has 2 atom stereocenters. The minimum Gasteiger partial charge on any atom is -0.445 e. The summed E-state index contributed by atoms with van der Waals surface area (Å²) in [4.78, 5) is 14.7. The van der Waals surface area contributed by atoms with Gasteiger partial charge in [-0.25, -0.2) is 4.79 Å². The van der Waals surface area contributed by atoms with Crippen LogP contribution in [0.1, 0.15) is 49.3 Å². The summed E-state index contributed by atoms with van der Waals surface area (Å²) in [6.07, 6.45) is 0.577. The van der Waals surface area contributed by atoms with Gasteiger partial charge in [0, 0.05) is 12.8 Å². The Hall–Kier alpha value is -2.37. The minimum absolute atomic E-state index is 0.198. The molecule has 2 aliphatic heterocycles. The Morgan fingerprint density at radius 1 is 1.10 bits per heavy atom. The zero-order valence-corrected chi connectivity index (χ0v) is 17.1. The molecular formula is C24H29NO4. The van der Waals surface area contributed by atoms with Crippen LogP contribution in [0.3, 0.4) is 0 Å². The average Bonchev–Trinajstić information content (AvgIpc) is 2.72. The first-order chi connectivity index (χ1) is 14.0. The number of hydrogen-bond acceptors (Lipinski definition) is 4. The number of nitrogens with zero attached hydrogens (tertiary/aromatic N) is 1. The third-order valence-electron chi connectivity index (χ3n) is 6.05. The van der Waals surface area contributed by atoms with Crippen molar-refractivity contribution in [3.8, 4) is 0 Å². The van der Waals surface area contributed by atoms with Crippen molar-refractivity contribution >= 4 is 6.09 Å². The number of piperidine rings is 1. The number of morpholine rings is 1. The molecule has 2 aliphatic rings.